The number of thiophene rings is 1. The van der Waals surface area contributed by atoms with E-state index in [2.05, 4.69) is 5.32 Å². The van der Waals surface area contributed by atoms with Crippen molar-refractivity contribution in [1.29, 1.82) is 0 Å². The third-order valence-electron chi connectivity index (χ3n) is 4.95. The minimum absolute atomic E-state index is 0.0927. The first-order valence-corrected chi connectivity index (χ1v) is 14.2. The number of carboxylic acid groups (broad SMARTS) is 1. The zero-order chi connectivity index (χ0) is 24.0. The molecule has 6 nitrogen and oxygen atoms in total. The number of hydrogen-bond donors (Lipinski definition) is 2. The second-order valence-corrected chi connectivity index (χ2v) is 12.4. The summed E-state index contributed by atoms with van der Waals surface area (Å²) >= 11 is 9.22. The molecular weight excluding hydrogens is 502 g/mol. The number of nitrogens with one attached hydrogen (secondary N) is 1. The van der Waals surface area contributed by atoms with Gasteiger partial charge in [0.25, 0.3) is 0 Å². The standard InChI is InChI=1S/C23H26ClNO5S3/c1-15-13-17(7-8-19(15)30-14-21(26)27)31-11-10-25-9-4-12-33(28,29)23-16(2)22-18(24)5-3-6-20(22)32-23/h3,5-8,13,25H,4,9-12,14H2,1-2H3,(H,26,27). The average molecular weight is 528 g/mol. The molecule has 2 N–H and O–H groups in total. The summed E-state index contributed by atoms with van der Waals surface area (Å²) in [6.07, 6.45) is 0.531. The lowest BCUT2D eigenvalue weighted by atomic mass is 10.2. The van der Waals surface area contributed by atoms with E-state index in [0.29, 0.717) is 27.9 Å². The Morgan fingerprint density at radius 3 is 2.70 bits per heavy atom. The Morgan fingerprint density at radius 1 is 1.21 bits per heavy atom. The second kappa shape index (κ2) is 11.6. The number of thioether (sulfide) groups is 1. The van der Waals surface area contributed by atoms with Crippen LogP contribution in [0.4, 0.5) is 0 Å². The first-order chi connectivity index (χ1) is 15.7. The summed E-state index contributed by atoms with van der Waals surface area (Å²) in [7, 11) is -3.36. The molecule has 0 fully saturated rings. The third kappa shape index (κ3) is 6.86. The molecule has 0 bridgehead atoms. The average Bonchev–Trinajstić information content (AvgIpc) is 3.11. The minimum Gasteiger partial charge on any atom is -0.482 e. The van der Waals surface area contributed by atoms with Crippen LogP contribution in [0.5, 0.6) is 5.75 Å². The highest BCUT2D eigenvalue weighted by molar-refractivity contribution is 7.99. The van der Waals surface area contributed by atoms with Gasteiger partial charge in [-0.15, -0.1) is 23.1 Å². The molecule has 0 radical (unpaired) electrons. The van der Waals surface area contributed by atoms with Gasteiger partial charge in [0.05, 0.1) is 5.75 Å². The van der Waals surface area contributed by atoms with Gasteiger partial charge in [0.15, 0.2) is 16.4 Å². The molecule has 3 aromatic rings. The maximum absolute atomic E-state index is 12.8. The van der Waals surface area contributed by atoms with E-state index < -0.39 is 15.8 Å². The van der Waals surface area contributed by atoms with Crippen LogP contribution in [-0.4, -0.2) is 50.7 Å². The lowest BCUT2D eigenvalue weighted by Crippen LogP contribution is -2.21. The molecule has 0 atom stereocenters. The predicted octanol–water partition coefficient (Wildman–Crippen LogP) is 5.18. The smallest absolute Gasteiger partial charge is 0.341 e. The van der Waals surface area contributed by atoms with E-state index >= 15 is 0 Å². The lowest BCUT2D eigenvalue weighted by Gasteiger charge is -2.09. The summed E-state index contributed by atoms with van der Waals surface area (Å²) in [4.78, 5) is 11.7. The van der Waals surface area contributed by atoms with Gasteiger partial charge in [0.2, 0.25) is 0 Å². The van der Waals surface area contributed by atoms with Crippen molar-refractivity contribution in [2.75, 3.05) is 31.2 Å². The molecule has 0 unspecified atom stereocenters. The van der Waals surface area contributed by atoms with Crippen LogP contribution in [0, 0.1) is 13.8 Å². The van der Waals surface area contributed by atoms with Crippen molar-refractivity contribution in [2.45, 2.75) is 29.4 Å². The normalized spacial score (nSPS) is 11.7. The Hall–Kier alpha value is -1.78. The molecule has 0 aliphatic heterocycles. The Bertz CT molecular complexity index is 1240. The van der Waals surface area contributed by atoms with Gasteiger partial charge >= 0.3 is 5.97 Å². The monoisotopic (exact) mass is 527 g/mol. The molecule has 178 valence electrons. The van der Waals surface area contributed by atoms with Gasteiger partial charge in [-0.3, -0.25) is 0 Å². The highest BCUT2D eigenvalue weighted by Crippen LogP contribution is 2.38. The van der Waals surface area contributed by atoms with E-state index in [-0.39, 0.29) is 12.4 Å². The van der Waals surface area contributed by atoms with Gasteiger partial charge in [-0.1, -0.05) is 17.7 Å². The molecule has 33 heavy (non-hydrogen) atoms. The number of sulfone groups is 1. The summed E-state index contributed by atoms with van der Waals surface area (Å²) in [6, 6.07) is 11.2. The van der Waals surface area contributed by atoms with Crippen molar-refractivity contribution < 1.29 is 23.1 Å². The number of ether oxygens (including phenoxy) is 1. The largest absolute Gasteiger partial charge is 0.482 e. The molecule has 0 aliphatic carbocycles. The number of hydrogen-bond acceptors (Lipinski definition) is 7. The van der Waals surface area contributed by atoms with Crippen LogP contribution in [0.2, 0.25) is 5.02 Å². The molecule has 0 spiro atoms. The Kier molecular flexibility index (Phi) is 9.06. The maximum Gasteiger partial charge on any atom is 0.341 e. The zero-order valence-electron chi connectivity index (χ0n) is 18.4. The predicted molar refractivity (Wildman–Crippen MR) is 136 cm³/mol. The number of benzene rings is 2. The molecule has 0 amide bonds. The zero-order valence-corrected chi connectivity index (χ0v) is 21.6. The van der Waals surface area contributed by atoms with E-state index in [4.69, 9.17) is 21.4 Å². The van der Waals surface area contributed by atoms with Crippen molar-refractivity contribution in [2.24, 2.45) is 0 Å². The van der Waals surface area contributed by atoms with Crippen molar-refractivity contribution in [3.63, 3.8) is 0 Å². The molecular formula is C23H26ClNO5S3. The molecule has 3 rings (SSSR count). The van der Waals surface area contributed by atoms with E-state index in [1.165, 1.54) is 11.3 Å². The number of aryl methyl sites for hydroxylation is 2. The Morgan fingerprint density at radius 2 is 2.00 bits per heavy atom. The number of carboxylic acids is 1. The van der Waals surface area contributed by atoms with Crippen molar-refractivity contribution in [1.82, 2.24) is 5.32 Å². The first-order valence-electron chi connectivity index (χ1n) is 10.4. The van der Waals surface area contributed by atoms with Gasteiger partial charge in [-0.25, -0.2) is 13.2 Å². The molecule has 10 heteroatoms. The molecule has 1 heterocycles. The molecule has 2 aromatic carbocycles. The van der Waals surface area contributed by atoms with Crippen LogP contribution < -0.4 is 10.1 Å². The maximum atomic E-state index is 12.8. The summed E-state index contributed by atoms with van der Waals surface area (Å²) in [5.74, 6) is 0.484. The van der Waals surface area contributed by atoms with E-state index in [1.807, 2.05) is 38.1 Å². The van der Waals surface area contributed by atoms with Crippen molar-refractivity contribution in [3.05, 3.63) is 52.5 Å². The quantitative estimate of drug-likeness (QED) is 0.247. The first kappa shape index (κ1) is 25.8. The number of rotatable bonds is 12. The number of fused-ring (bicyclic) bond motifs is 1. The molecule has 0 aliphatic rings. The van der Waals surface area contributed by atoms with Crippen LogP contribution in [0.3, 0.4) is 0 Å². The highest BCUT2D eigenvalue weighted by atomic mass is 35.5. The SMILES string of the molecule is Cc1cc(SCCNCCCS(=O)(=O)c2sc3cccc(Cl)c3c2C)ccc1OCC(=O)O. The van der Waals surface area contributed by atoms with Crippen LogP contribution >= 0.6 is 34.7 Å². The third-order valence-corrected chi connectivity index (χ3v) is 10.0. The van der Waals surface area contributed by atoms with Crippen LogP contribution in [0.15, 0.2) is 45.5 Å². The number of halogens is 1. The molecule has 1 aromatic heterocycles. The van der Waals surface area contributed by atoms with Gasteiger partial charge in [0, 0.05) is 32.3 Å². The van der Waals surface area contributed by atoms with Gasteiger partial charge in [-0.2, -0.15) is 0 Å². The number of aliphatic carboxylic acids is 1. The Balaban J connectivity index is 1.41. The topological polar surface area (TPSA) is 92.7 Å². The van der Waals surface area contributed by atoms with Crippen LogP contribution in [-0.2, 0) is 14.6 Å². The van der Waals surface area contributed by atoms with Crippen molar-refractivity contribution >= 4 is 60.6 Å². The van der Waals surface area contributed by atoms with Crippen molar-refractivity contribution in [3.8, 4) is 5.75 Å². The number of carbonyl (C=O) groups is 1. The van der Waals surface area contributed by atoms with Crippen LogP contribution in [0.1, 0.15) is 17.5 Å². The fourth-order valence-electron chi connectivity index (χ4n) is 3.39. The summed E-state index contributed by atoms with van der Waals surface area (Å²) in [5.41, 5.74) is 1.62. The summed E-state index contributed by atoms with van der Waals surface area (Å²) in [6.45, 7) is 4.71. The van der Waals surface area contributed by atoms with Gasteiger partial charge in [-0.05, 0) is 68.3 Å². The Labute approximate surface area is 207 Å². The fraction of sp³-hybridized carbons (Fsp3) is 0.348. The van der Waals surface area contributed by atoms with E-state index in [9.17, 15) is 13.2 Å². The van der Waals surface area contributed by atoms with Gasteiger partial charge < -0.3 is 15.2 Å². The lowest BCUT2D eigenvalue weighted by molar-refractivity contribution is -0.139. The molecule has 0 saturated carbocycles. The fourth-order valence-corrected chi connectivity index (χ4v) is 7.94. The second-order valence-electron chi connectivity index (χ2n) is 7.51. The highest BCUT2D eigenvalue weighted by Gasteiger charge is 2.22. The van der Waals surface area contributed by atoms with E-state index in [1.54, 1.807) is 23.9 Å². The summed E-state index contributed by atoms with van der Waals surface area (Å²) < 4.78 is 32.2. The molecule has 0 saturated heterocycles. The van der Waals surface area contributed by atoms with E-state index in [0.717, 1.165) is 38.4 Å². The summed E-state index contributed by atoms with van der Waals surface area (Å²) in [5, 5.41) is 13.4. The minimum atomic E-state index is -3.36. The van der Waals surface area contributed by atoms with Gasteiger partial charge in [0.1, 0.15) is 9.96 Å². The van der Waals surface area contributed by atoms with Crippen LogP contribution in [0.25, 0.3) is 10.1 Å².